The van der Waals surface area contributed by atoms with Crippen molar-refractivity contribution in [3.8, 4) is 5.75 Å². The molecule has 0 unspecified atom stereocenters. The molecular weight excluding hydrogens is 316 g/mol. The molecule has 6 nitrogen and oxygen atoms in total. The minimum Gasteiger partial charge on any atom is -0.507 e. The molecule has 0 atom stereocenters. The third kappa shape index (κ3) is 3.03. The third-order valence-corrected chi connectivity index (χ3v) is 4.64. The Kier molecular flexibility index (Phi) is 3.97. The van der Waals surface area contributed by atoms with Crippen LogP contribution in [-0.2, 0) is 10.0 Å². The standard InChI is InChI=1S/C13H13ClN2O4S/c1-7-3-4-11(8(2)12(7)17)16-21(19,20)9-5-10(14)13(18)15-6-9/h3-6,16-17H,1-2H3,(H,15,18). The van der Waals surface area contributed by atoms with Crippen LogP contribution >= 0.6 is 11.6 Å². The highest BCUT2D eigenvalue weighted by molar-refractivity contribution is 7.92. The lowest BCUT2D eigenvalue weighted by atomic mass is 10.1. The number of aromatic nitrogens is 1. The Hall–Kier alpha value is -1.99. The molecule has 0 aliphatic carbocycles. The van der Waals surface area contributed by atoms with Gasteiger partial charge in [-0.1, -0.05) is 17.7 Å². The Morgan fingerprint density at radius 2 is 1.95 bits per heavy atom. The number of rotatable bonds is 3. The number of benzene rings is 1. The molecule has 0 aliphatic rings. The van der Waals surface area contributed by atoms with Crippen molar-refractivity contribution in [1.29, 1.82) is 0 Å². The third-order valence-electron chi connectivity index (χ3n) is 3.02. The van der Waals surface area contributed by atoms with Crippen LogP contribution in [0.1, 0.15) is 11.1 Å². The highest BCUT2D eigenvalue weighted by Gasteiger charge is 2.18. The first-order valence-corrected chi connectivity index (χ1v) is 7.78. The van der Waals surface area contributed by atoms with E-state index in [1.807, 2.05) is 0 Å². The van der Waals surface area contributed by atoms with Crippen LogP contribution in [0.2, 0.25) is 5.02 Å². The van der Waals surface area contributed by atoms with Gasteiger partial charge in [0.2, 0.25) is 0 Å². The zero-order chi connectivity index (χ0) is 15.8. The Labute approximate surface area is 126 Å². The van der Waals surface area contributed by atoms with E-state index in [-0.39, 0.29) is 21.4 Å². The molecule has 1 aromatic heterocycles. The lowest BCUT2D eigenvalue weighted by molar-refractivity contribution is 0.467. The molecule has 2 rings (SSSR count). The second-order valence-electron chi connectivity index (χ2n) is 4.52. The summed E-state index contributed by atoms with van der Waals surface area (Å²) in [5, 5.41) is 9.61. The van der Waals surface area contributed by atoms with Crippen molar-refractivity contribution in [1.82, 2.24) is 4.98 Å². The van der Waals surface area contributed by atoms with Crippen molar-refractivity contribution >= 4 is 27.3 Å². The normalized spacial score (nSPS) is 11.4. The zero-order valence-electron chi connectivity index (χ0n) is 11.3. The van der Waals surface area contributed by atoms with Crippen LogP contribution in [0, 0.1) is 13.8 Å². The van der Waals surface area contributed by atoms with Crippen LogP contribution in [0.25, 0.3) is 0 Å². The second kappa shape index (κ2) is 5.42. The zero-order valence-corrected chi connectivity index (χ0v) is 12.8. The van der Waals surface area contributed by atoms with E-state index in [0.29, 0.717) is 11.1 Å². The fourth-order valence-electron chi connectivity index (χ4n) is 1.74. The van der Waals surface area contributed by atoms with Gasteiger partial charge in [0, 0.05) is 11.8 Å². The van der Waals surface area contributed by atoms with Crippen LogP contribution in [0.4, 0.5) is 5.69 Å². The summed E-state index contributed by atoms with van der Waals surface area (Å²) in [6, 6.07) is 4.21. The maximum absolute atomic E-state index is 12.2. The maximum atomic E-state index is 12.2. The van der Waals surface area contributed by atoms with E-state index >= 15 is 0 Å². The van der Waals surface area contributed by atoms with E-state index in [0.717, 1.165) is 12.3 Å². The topological polar surface area (TPSA) is 99.3 Å². The highest BCUT2D eigenvalue weighted by atomic mass is 35.5. The molecule has 0 amide bonds. The van der Waals surface area contributed by atoms with E-state index in [2.05, 4.69) is 9.71 Å². The van der Waals surface area contributed by atoms with Crippen LogP contribution in [-0.4, -0.2) is 18.5 Å². The van der Waals surface area contributed by atoms with Gasteiger partial charge in [-0.05, 0) is 31.5 Å². The first-order chi connectivity index (χ1) is 9.72. The van der Waals surface area contributed by atoms with E-state index < -0.39 is 15.6 Å². The molecule has 0 spiro atoms. The van der Waals surface area contributed by atoms with Gasteiger partial charge in [0.1, 0.15) is 15.7 Å². The first-order valence-electron chi connectivity index (χ1n) is 5.92. The summed E-state index contributed by atoms with van der Waals surface area (Å²) in [7, 11) is -3.92. The molecule has 0 radical (unpaired) electrons. The number of H-pyrrole nitrogens is 1. The maximum Gasteiger partial charge on any atom is 0.266 e. The van der Waals surface area contributed by atoms with Gasteiger partial charge in [-0.3, -0.25) is 9.52 Å². The molecule has 0 saturated heterocycles. The van der Waals surface area contributed by atoms with E-state index in [4.69, 9.17) is 11.6 Å². The van der Waals surface area contributed by atoms with Gasteiger partial charge in [-0.2, -0.15) is 0 Å². The molecule has 21 heavy (non-hydrogen) atoms. The fraction of sp³-hybridized carbons (Fsp3) is 0.154. The lowest BCUT2D eigenvalue weighted by Gasteiger charge is -2.12. The van der Waals surface area contributed by atoms with Crippen molar-refractivity contribution in [2.24, 2.45) is 0 Å². The van der Waals surface area contributed by atoms with Gasteiger partial charge >= 0.3 is 0 Å². The molecule has 0 bridgehead atoms. The minimum atomic E-state index is -3.92. The number of pyridine rings is 1. The second-order valence-corrected chi connectivity index (χ2v) is 6.61. The number of halogens is 1. The summed E-state index contributed by atoms with van der Waals surface area (Å²) in [5.41, 5.74) is 0.733. The number of aromatic hydroxyl groups is 1. The van der Waals surface area contributed by atoms with E-state index in [1.54, 1.807) is 26.0 Å². The van der Waals surface area contributed by atoms with Gasteiger partial charge < -0.3 is 10.1 Å². The van der Waals surface area contributed by atoms with Crippen molar-refractivity contribution in [2.75, 3.05) is 4.72 Å². The molecule has 3 N–H and O–H groups in total. The number of phenolic OH excluding ortho intramolecular Hbond substituents is 1. The van der Waals surface area contributed by atoms with Crippen LogP contribution < -0.4 is 10.3 Å². The molecule has 8 heteroatoms. The smallest absolute Gasteiger partial charge is 0.266 e. The number of nitrogens with one attached hydrogen (secondary N) is 2. The van der Waals surface area contributed by atoms with Crippen LogP contribution in [0.15, 0.2) is 34.1 Å². The number of hydrogen-bond donors (Lipinski definition) is 3. The number of phenols is 1. The largest absolute Gasteiger partial charge is 0.507 e. The SMILES string of the molecule is Cc1ccc(NS(=O)(=O)c2c[nH]c(=O)c(Cl)c2)c(C)c1O. The van der Waals surface area contributed by atoms with Crippen molar-refractivity contribution in [3.63, 3.8) is 0 Å². The fourth-order valence-corrected chi connectivity index (χ4v) is 3.10. The van der Waals surface area contributed by atoms with Gasteiger partial charge in [0.05, 0.1) is 5.69 Å². The quantitative estimate of drug-likeness (QED) is 0.803. The van der Waals surface area contributed by atoms with E-state index in [1.165, 1.54) is 0 Å². The van der Waals surface area contributed by atoms with Crippen molar-refractivity contribution < 1.29 is 13.5 Å². The Morgan fingerprint density at radius 1 is 1.29 bits per heavy atom. The number of aryl methyl sites for hydroxylation is 1. The Balaban J connectivity index is 2.44. The van der Waals surface area contributed by atoms with Gasteiger partial charge in [-0.25, -0.2) is 8.42 Å². The molecule has 2 aromatic rings. The van der Waals surface area contributed by atoms with Gasteiger partial charge in [0.15, 0.2) is 0 Å². The Bertz CT molecular complexity index is 859. The monoisotopic (exact) mass is 328 g/mol. The van der Waals surface area contributed by atoms with Crippen molar-refractivity contribution in [2.45, 2.75) is 18.7 Å². The van der Waals surface area contributed by atoms with Crippen molar-refractivity contribution in [3.05, 3.63) is 50.9 Å². The summed E-state index contributed by atoms with van der Waals surface area (Å²) >= 11 is 5.62. The summed E-state index contributed by atoms with van der Waals surface area (Å²) < 4.78 is 26.8. The molecule has 1 heterocycles. The predicted molar refractivity (Wildman–Crippen MR) is 80.5 cm³/mol. The minimum absolute atomic E-state index is 0.0229. The average Bonchev–Trinajstić information content (AvgIpc) is 2.42. The summed E-state index contributed by atoms with van der Waals surface area (Å²) in [6.45, 7) is 3.31. The summed E-state index contributed by atoms with van der Waals surface area (Å²) in [6.07, 6.45) is 1.06. The molecular formula is C13H13ClN2O4S. The first kappa shape index (κ1) is 15.4. The summed E-state index contributed by atoms with van der Waals surface area (Å²) in [4.78, 5) is 13.2. The van der Waals surface area contributed by atoms with E-state index in [9.17, 15) is 18.3 Å². The Morgan fingerprint density at radius 3 is 2.57 bits per heavy atom. The lowest BCUT2D eigenvalue weighted by Crippen LogP contribution is -2.16. The van der Waals surface area contributed by atoms with Crippen LogP contribution in [0.3, 0.4) is 0 Å². The number of hydrogen-bond acceptors (Lipinski definition) is 4. The molecule has 1 aromatic carbocycles. The number of sulfonamides is 1. The van der Waals surface area contributed by atoms with Gasteiger partial charge in [0.25, 0.3) is 15.6 Å². The number of aromatic amines is 1. The average molecular weight is 329 g/mol. The molecule has 112 valence electrons. The molecule has 0 fully saturated rings. The number of anilines is 1. The molecule has 0 aliphatic heterocycles. The van der Waals surface area contributed by atoms with Crippen LogP contribution in [0.5, 0.6) is 5.75 Å². The predicted octanol–water partition coefficient (Wildman–Crippen LogP) is 2.15. The van der Waals surface area contributed by atoms with Gasteiger partial charge in [-0.15, -0.1) is 0 Å². The summed E-state index contributed by atoms with van der Waals surface area (Å²) in [5.74, 6) is 0.0229. The molecule has 0 saturated carbocycles. The highest BCUT2D eigenvalue weighted by Crippen LogP contribution is 2.29.